The number of hydrogen-bond acceptors (Lipinski definition) is 7. The fraction of sp³-hybridized carbons (Fsp3) is 0.375. The summed E-state index contributed by atoms with van der Waals surface area (Å²) < 4.78 is 13.7. The van der Waals surface area contributed by atoms with Gasteiger partial charge < -0.3 is 20.9 Å². The van der Waals surface area contributed by atoms with Gasteiger partial charge in [0, 0.05) is 19.9 Å². The molecule has 2 aromatic carbocycles. The lowest BCUT2D eigenvalue weighted by Gasteiger charge is -2.29. The Morgan fingerprint density at radius 3 is 2.30 bits per heavy atom. The lowest BCUT2D eigenvalue weighted by molar-refractivity contribution is -0.386. The van der Waals surface area contributed by atoms with E-state index in [4.69, 9.17) is 20.9 Å². The number of nitro groups is 1. The van der Waals surface area contributed by atoms with Crippen molar-refractivity contribution in [3.63, 3.8) is 0 Å². The minimum atomic E-state index is -1.35. The number of nitro benzene ring substituents is 1. The van der Waals surface area contributed by atoms with E-state index in [2.05, 4.69) is 5.10 Å². The molecule has 1 aromatic heterocycles. The predicted octanol–water partition coefficient (Wildman–Crippen LogP) is 5.13. The molecule has 0 saturated heterocycles. The van der Waals surface area contributed by atoms with Crippen molar-refractivity contribution in [2.75, 3.05) is 11.5 Å². The molecule has 9 heteroatoms. The summed E-state index contributed by atoms with van der Waals surface area (Å²) in [5.74, 6) is -1.14. The number of para-hydroxylation sites is 1. The van der Waals surface area contributed by atoms with Crippen molar-refractivity contribution in [1.82, 2.24) is 9.78 Å². The smallest absolute Gasteiger partial charge is 0.313 e. The van der Waals surface area contributed by atoms with Gasteiger partial charge in [-0.05, 0) is 42.5 Å². The largest absolute Gasteiger partial charge is 0.443 e. The standard InChI is InChI=1S/C24H31N5O4/c1-7-23(3,4)16-13-18(25)21(19(14-16)29(30)31)32-24(5,6)33-22-20(26)15(2)27-28(22)17-11-9-8-10-12-17/h8-14H,7,25-26H2,1-6H3. The third-order valence-electron chi connectivity index (χ3n) is 5.71. The number of anilines is 2. The van der Waals surface area contributed by atoms with Crippen molar-refractivity contribution in [3.8, 4) is 17.3 Å². The SMILES string of the molecule is CCC(C)(C)c1cc(N)c(OC(C)(C)Oc2c(N)c(C)nn2-c2ccccc2)c([N+](=O)[O-])c1. The molecule has 0 aliphatic rings. The zero-order valence-corrected chi connectivity index (χ0v) is 19.9. The second kappa shape index (κ2) is 8.65. The predicted molar refractivity (Wildman–Crippen MR) is 129 cm³/mol. The summed E-state index contributed by atoms with van der Waals surface area (Å²) in [6.45, 7) is 11.1. The molecule has 9 nitrogen and oxygen atoms in total. The molecule has 0 fully saturated rings. The second-order valence-electron chi connectivity index (χ2n) is 9.06. The molecule has 0 radical (unpaired) electrons. The van der Waals surface area contributed by atoms with E-state index < -0.39 is 10.7 Å². The molecule has 0 atom stereocenters. The van der Waals surface area contributed by atoms with Crippen LogP contribution < -0.4 is 20.9 Å². The summed E-state index contributed by atoms with van der Waals surface area (Å²) in [5.41, 5.74) is 14.6. The molecule has 0 aliphatic carbocycles. The van der Waals surface area contributed by atoms with Crippen LogP contribution in [-0.2, 0) is 5.41 Å². The first-order valence-corrected chi connectivity index (χ1v) is 10.7. The van der Waals surface area contributed by atoms with Gasteiger partial charge in [-0.15, -0.1) is 0 Å². The number of nitrogen functional groups attached to an aromatic ring is 2. The van der Waals surface area contributed by atoms with Crippen LogP contribution in [0.25, 0.3) is 5.69 Å². The highest BCUT2D eigenvalue weighted by atomic mass is 16.7. The average Bonchev–Trinajstić information content (AvgIpc) is 3.03. The van der Waals surface area contributed by atoms with Gasteiger partial charge in [-0.3, -0.25) is 10.1 Å². The summed E-state index contributed by atoms with van der Waals surface area (Å²) in [4.78, 5) is 11.4. The molecule has 33 heavy (non-hydrogen) atoms. The first-order valence-electron chi connectivity index (χ1n) is 10.7. The van der Waals surface area contributed by atoms with Crippen LogP contribution >= 0.6 is 0 Å². The number of rotatable bonds is 8. The Bertz CT molecular complexity index is 1170. The summed E-state index contributed by atoms with van der Waals surface area (Å²) >= 11 is 0. The van der Waals surface area contributed by atoms with E-state index in [-0.39, 0.29) is 28.4 Å². The van der Waals surface area contributed by atoms with Gasteiger partial charge in [0.15, 0.2) is 0 Å². The van der Waals surface area contributed by atoms with Crippen molar-refractivity contribution in [3.05, 3.63) is 63.8 Å². The number of nitrogens with zero attached hydrogens (tertiary/aromatic N) is 3. The monoisotopic (exact) mass is 453 g/mol. The highest BCUT2D eigenvalue weighted by molar-refractivity contribution is 5.66. The van der Waals surface area contributed by atoms with Crippen molar-refractivity contribution in [1.29, 1.82) is 0 Å². The lowest BCUT2D eigenvalue weighted by atomic mass is 9.82. The minimum Gasteiger partial charge on any atom is -0.443 e. The Balaban J connectivity index is 2.01. The van der Waals surface area contributed by atoms with E-state index >= 15 is 0 Å². The van der Waals surface area contributed by atoms with Crippen LogP contribution in [0.1, 0.15) is 52.3 Å². The van der Waals surface area contributed by atoms with Gasteiger partial charge in [0.25, 0.3) is 0 Å². The van der Waals surface area contributed by atoms with Gasteiger partial charge in [-0.2, -0.15) is 9.78 Å². The maximum absolute atomic E-state index is 11.9. The molecule has 0 unspecified atom stereocenters. The number of aromatic nitrogens is 2. The first kappa shape index (κ1) is 23.9. The maximum Gasteiger partial charge on any atom is 0.313 e. The molecule has 4 N–H and O–H groups in total. The molecule has 3 rings (SSSR count). The normalized spacial score (nSPS) is 11.9. The highest BCUT2D eigenvalue weighted by Gasteiger charge is 2.33. The number of hydrogen-bond donors (Lipinski definition) is 2. The quantitative estimate of drug-likeness (QED) is 0.209. The maximum atomic E-state index is 11.9. The van der Waals surface area contributed by atoms with E-state index in [1.165, 1.54) is 6.07 Å². The zero-order valence-electron chi connectivity index (χ0n) is 19.9. The van der Waals surface area contributed by atoms with E-state index in [9.17, 15) is 10.1 Å². The van der Waals surface area contributed by atoms with Gasteiger partial charge in [0.1, 0.15) is 5.69 Å². The third kappa shape index (κ3) is 4.87. The van der Waals surface area contributed by atoms with Crippen molar-refractivity contribution >= 4 is 17.1 Å². The van der Waals surface area contributed by atoms with E-state index in [1.807, 2.05) is 51.1 Å². The van der Waals surface area contributed by atoms with Crippen LogP contribution in [0.5, 0.6) is 11.6 Å². The summed E-state index contributed by atoms with van der Waals surface area (Å²) in [6, 6.07) is 12.6. The molecule has 0 bridgehead atoms. The Hall–Kier alpha value is -3.75. The first-order chi connectivity index (χ1) is 15.4. The molecule has 1 heterocycles. The van der Waals surface area contributed by atoms with E-state index in [1.54, 1.807) is 31.5 Å². The van der Waals surface area contributed by atoms with Gasteiger partial charge in [-0.25, -0.2) is 0 Å². The van der Waals surface area contributed by atoms with Gasteiger partial charge in [-0.1, -0.05) is 39.0 Å². The van der Waals surface area contributed by atoms with Crippen molar-refractivity contribution in [2.45, 2.75) is 59.2 Å². The van der Waals surface area contributed by atoms with Crippen LogP contribution in [0.4, 0.5) is 17.1 Å². The van der Waals surface area contributed by atoms with Crippen LogP contribution in [0.3, 0.4) is 0 Å². The summed E-state index contributed by atoms with van der Waals surface area (Å²) in [6.07, 6.45) is 0.792. The molecule has 176 valence electrons. The molecule has 3 aromatic rings. The third-order valence-corrected chi connectivity index (χ3v) is 5.71. The van der Waals surface area contributed by atoms with E-state index in [0.29, 0.717) is 11.4 Å². The number of nitrogens with two attached hydrogens (primary N) is 2. The van der Waals surface area contributed by atoms with E-state index in [0.717, 1.165) is 17.7 Å². The van der Waals surface area contributed by atoms with Gasteiger partial charge in [0.2, 0.25) is 17.4 Å². The zero-order chi connectivity index (χ0) is 24.6. The summed E-state index contributed by atoms with van der Waals surface area (Å²) in [5, 5.41) is 16.3. The number of benzene rings is 2. The highest BCUT2D eigenvalue weighted by Crippen LogP contribution is 2.42. The Kier molecular flexibility index (Phi) is 6.26. The molecular formula is C24H31N5O4. The van der Waals surface area contributed by atoms with Crippen LogP contribution in [0.2, 0.25) is 0 Å². The topological polar surface area (TPSA) is 131 Å². The Morgan fingerprint density at radius 1 is 1.09 bits per heavy atom. The molecule has 0 spiro atoms. The van der Waals surface area contributed by atoms with Crippen LogP contribution in [0, 0.1) is 17.0 Å². The lowest BCUT2D eigenvalue weighted by Crippen LogP contribution is -2.36. The Labute approximate surface area is 193 Å². The van der Waals surface area contributed by atoms with Crippen LogP contribution in [-0.4, -0.2) is 20.5 Å². The van der Waals surface area contributed by atoms with Crippen LogP contribution in [0.15, 0.2) is 42.5 Å². The minimum absolute atomic E-state index is 0.0540. The number of ether oxygens (including phenoxy) is 2. The molecule has 0 aliphatic heterocycles. The van der Waals surface area contributed by atoms with Gasteiger partial charge in [0.05, 0.1) is 22.0 Å². The fourth-order valence-electron chi connectivity index (χ4n) is 3.34. The molecule has 0 amide bonds. The summed E-state index contributed by atoms with van der Waals surface area (Å²) in [7, 11) is 0. The molecular weight excluding hydrogens is 422 g/mol. The van der Waals surface area contributed by atoms with Crippen molar-refractivity contribution in [2.24, 2.45) is 0 Å². The molecule has 0 saturated carbocycles. The average molecular weight is 454 g/mol. The van der Waals surface area contributed by atoms with Gasteiger partial charge >= 0.3 is 5.69 Å². The fourth-order valence-corrected chi connectivity index (χ4v) is 3.34. The Morgan fingerprint density at radius 2 is 1.73 bits per heavy atom. The second-order valence-corrected chi connectivity index (χ2v) is 9.06. The van der Waals surface area contributed by atoms with Crippen molar-refractivity contribution < 1.29 is 14.4 Å². The number of aryl methyl sites for hydroxylation is 1.